The average Bonchev–Trinajstić information content (AvgIpc) is 3.34. The third-order valence-corrected chi connectivity index (χ3v) is 6.34. The van der Waals surface area contributed by atoms with Gasteiger partial charge in [0.15, 0.2) is 0 Å². The van der Waals surface area contributed by atoms with Crippen LogP contribution in [0.4, 0.5) is 0 Å². The summed E-state index contributed by atoms with van der Waals surface area (Å²) in [6, 6.07) is 14.3. The summed E-state index contributed by atoms with van der Waals surface area (Å²) in [6.45, 7) is 1.42. The summed E-state index contributed by atoms with van der Waals surface area (Å²) < 4.78 is 1.69. The molecule has 7 nitrogen and oxygen atoms in total. The Labute approximate surface area is 196 Å². The molecule has 4 rings (SSSR count). The second kappa shape index (κ2) is 10.1. The predicted molar refractivity (Wildman–Crippen MR) is 122 cm³/mol. The quantitative estimate of drug-likeness (QED) is 0.589. The average molecular weight is 472 g/mol. The van der Waals surface area contributed by atoms with E-state index in [1.54, 1.807) is 34.1 Å². The van der Waals surface area contributed by atoms with Crippen molar-refractivity contribution in [3.8, 4) is 0 Å². The Morgan fingerprint density at radius 3 is 2.66 bits per heavy atom. The van der Waals surface area contributed by atoms with Crippen molar-refractivity contribution in [3.63, 3.8) is 0 Å². The number of nitrogens with one attached hydrogen (secondary N) is 1. The highest BCUT2D eigenvalue weighted by molar-refractivity contribution is 6.42. The van der Waals surface area contributed by atoms with E-state index in [2.05, 4.69) is 15.4 Å². The van der Waals surface area contributed by atoms with Gasteiger partial charge in [0, 0.05) is 18.7 Å². The molecule has 2 unspecified atom stereocenters. The highest BCUT2D eigenvalue weighted by Gasteiger charge is 2.30. The first-order valence-electron chi connectivity index (χ1n) is 10.4. The summed E-state index contributed by atoms with van der Waals surface area (Å²) in [6.07, 6.45) is 4.57. The van der Waals surface area contributed by atoms with Gasteiger partial charge in [0.1, 0.15) is 12.7 Å². The van der Waals surface area contributed by atoms with Crippen LogP contribution < -0.4 is 5.32 Å². The van der Waals surface area contributed by atoms with Gasteiger partial charge in [0.2, 0.25) is 5.91 Å². The molecule has 2 heterocycles. The lowest BCUT2D eigenvalue weighted by molar-refractivity contribution is -0.127. The molecule has 3 aromatic rings. The molecule has 0 spiro atoms. The number of carbonyl (C=O) groups excluding carboxylic acids is 2. The topological polar surface area (TPSA) is 80.1 Å². The molecule has 1 N–H and O–H groups in total. The normalized spacial score (nSPS) is 17.1. The molecular formula is C23H23Cl2N5O2. The SMILES string of the molecule is O=C(NC(Cn1cncn1)c1ccccc1)C1CCCN(C(=O)c2ccc(Cl)c(Cl)c2)C1. The number of amides is 2. The number of likely N-dealkylation sites (tertiary alicyclic amines) is 1. The van der Waals surface area contributed by atoms with Crippen LogP contribution in [0.15, 0.2) is 61.2 Å². The van der Waals surface area contributed by atoms with Crippen molar-refractivity contribution in [1.82, 2.24) is 25.0 Å². The Balaban J connectivity index is 1.45. The van der Waals surface area contributed by atoms with Crippen LogP contribution in [0, 0.1) is 5.92 Å². The van der Waals surface area contributed by atoms with Gasteiger partial charge in [0.05, 0.1) is 28.5 Å². The fourth-order valence-electron chi connectivity index (χ4n) is 3.91. The summed E-state index contributed by atoms with van der Waals surface area (Å²) in [5, 5.41) is 8.05. The lowest BCUT2D eigenvalue weighted by Crippen LogP contribution is -2.46. The fraction of sp³-hybridized carbons (Fsp3) is 0.304. The van der Waals surface area contributed by atoms with E-state index in [4.69, 9.17) is 23.2 Å². The minimum absolute atomic E-state index is 0.0781. The predicted octanol–water partition coefficient (Wildman–Crippen LogP) is 3.99. The zero-order valence-corrected chi connectivity index (χ0v) is 18.8. The van der Waals surface area contributed by atoms with Gasteiger partial charge >= 0.3 is 0 Å². The monoisotopic (exact) mass is 471 g/mol. The highest BCUT2D eigenvalue weighted by atomic mass is 35.5. The van der Waals surface area contributed by atoms with Crippen LogP contribution >= 0.6 is 23.2 Å². The zero-order chi connectivity index (χ0) is 22.5. The first-order valence-corrected chi connectivity index (χ1v) is 11.2. The molecule has 166 valence electrons. The van der Waals surface area contributed by atoms with Crippen molar-refractivity contribution in [2.75, 3.05) is 13.1 Å². The van der Waals surface area contributed by atoms with Crippen LogP contribution in [0.2, 0.25) is 10.0 Å². The molecule has 2 aromatic carbocycles. The molecular weight excluding hydrogens is 449 g/mol. The van der Waals surface area contributed by atoms with Gasteiger partial charge in [-0.15, -0.1) is 0 Å². The number of halogens is 2. The van der Waals surface area contributed by atoms with Crippen molar-refractivity contribution in [2.24, 2.45) is 5.92 Å². The van der Waals surface area contributed by atoms with Gasteiger partial charge in [-0.05, 0) is 36.6 Å². The second-order valence-corrected chi connectivity index (χ2v) is 8.62. The number of carbonyl (C=O) groups is 2. The molecule has 1 aliphatic rings. The van der Waals surface area contributed by atoms with Gasteiger partial charge in [-0.1, -0.05) is 53.5 Å². The molecule has 1 aromatic heterocycles. The zero-order valence-electron chi connectivity index (χ0n) is 17.3. The maximum Gasteiger partial charge on any atom is 0.253 e. The smallest absolute Gasteiger partial charge is 0.253 e. The van der Waals surface area contributed by atoms with Crippen molar-refractivity contribution < 1.29 is 9.59 Å². The molecule has 0 saturated carbocycles. The first-order chi connectivity index (χ1) is 15.5. The van der Waals surface area contributed by atoms with Gasteiger partial charge in [-0.3, -0.25) is 14.3 Å². The molecule has 0 radical (unpaired) electrons. The molecule has 32 heavy (non-hydrogen) atoms. The maximum absolute atomic E-state index is 13.2. The van der Waals surface area contributed by atoms with Crippen molar-refractivity contribution in [3.05, 3.63) is 82.4 Å². The van der Waals surface area contributed by atoms with E-state index >= 15 is 0 Å². The van der Waals surface area contributed by atoms with Crippen LogP contribution in [-0.2, 0) is 11.3 Å². The highest BCUT2D eigenvalue weighted by Crippen LogP contribution is 2.25. The summed E-state index contributed by atoms with van der Waals surface area (Å²) in [5.74, 6) is -0.522. The van der Waals surface area contributed by atoms with E-state index in [0.717, 1.165) is 18.4 Å². The molecule has 2 atom stereocenters. The number of piperidine rings is 1. The molecule has 0 bridgehead atoms. The fourth-order valence-corrected chi connectivity index (χ4v) is 4.21. The number of aromatic nitrogens is 3. The number of benzene rings is 2. The van der Waals surface area contributed by atoms with Crippen molar-refractivity contribution in [2.45, 2.75) is 25.4 Å². The van der Waals surface area contributed by atoms with Crippen LogP contribution in [0.25, 0.3) is 0 Å². The van der Waals surface area contributed by atoms with Crippen LogP contribution in [0.1, 0.15) is 34.8 Å². The lowest BCUT2D eigenvalue weighted by atomic mass is 9.95. The molecule has 2 amide bonds. The molecule has 9 heteroatoms. The van der Waals surface area contributed by atoms with Crippen LogP contribution in [0.3, 0.4) is 0 Å². The number of rotatable bonds is 6. The van der Waals surface area contributed by atoms with Gasteiger partial charge in [-0.2, -0.15) is 5.10 Å². The van der Waals surface area contributed by atoms with Crippen LogP contribution in [0.5, 0.6) is 0 Å². The third kappa shape index (κ3) is 5.29. The minimum atomic E-state index is -0.294. The Bertz CT molecular complexity index is 1080. The largest absolute Gasteiger partial charge is 0.347 e. The Kier molecular flexibility index (Phi) is 7.07. The minimum Gasteiger partial charge on any atom is -0.347 e. The second-order valence-electron chi connectivity index (χ2n) is 7.81. The van der Waals surface area contributed by atoms with Gasteiger partial charge < -0.3 is 10.2 Å². The van der Waals surface area contributed by atoms with E-state index < -0.39 is 0 Å². The van der Waals surface area contributed by atoms with E-state index in [9.17, 15) is 9.59 Å². The Morgan fingerprint density at radius 2 is 1.94 bits per heavy atom. The number of hydrogen-bond acceptors (Lipinski definition) is 4. The Hall–Kier alpha value is -2.90. The molecule has 1 fully saturated rings. The summed E-state index contributed by atoms with van der Waals surface area (Å²) in [4.78, 5) is 31.8. The molecule has 1 aliphatic heterocycles. The Morgan fingerprint density at radius 1 is 1.12 bits per heavy atom. The summed E-state index contributed by atoms with van der Waals surface area (Å²) in [7, 11) is 0. The maximum atomic E-state index is 13.2. The number of nitrogens with zero attached hydrogens (tertiary/aromatic N) is 4. The molecule has 0 aliphatic carbocycles. The lowest BCUT2D eigenvalue weighted by Gasteiger charge is -2.33. The number of hydrogen-bond donors (Lipinski definition) is 1. The summed E-state index contributed by atoms with van der Waals surface area (Å²) >= 11 is 12.0. The van der Waals surface area contributed by atoms with E-state index in [1.165, 1.54) is 6.33 Å². The first kappa shape index (κ1) is 22.3. The van der Waals surface area contributed by atoms with E-state index in [0.29, 0.717) is 35.2 Å². The van der Waals surface area contributed by atoms with E-state index in [-0.39, 0.29) is 23.8 Å². The standard InChI is InChI=1S/C23H23Cl2N5O2/c24-19-9-8-17(11-20(19)25)23(32)29-10-4-7-18(12-29)22(31)28-21(13-30-15-26-14-27-30)16-5-2-1-3-6-16/h1-3,5-6,8-9,11,14-15,18,21H,4,7,10,12-13H2,(H,28,31). The molecule has 1 saturated heterocycles. The van der Waals surface area contributed by atoms with Crippen molar-refractivity contribution in [1.29, 1.82) is 0 Å². The third-order valence-electron chi connectivity index (χ3n) is 5.60. The van der Waals surface area contributed by atoms with Gasteiger partial charge in [-0.25, -0.2) is 4.98 Å². The van der Waals surface area contributed by atoms with Crippen molar-refractivity contribution >= 4 is 35.0 Å². The van der Waals surface area contributed by atoms with E-state index in [1.807, 2.05) is 30.3 Å². The van der Waals surface area contributed by atoms with Crippen LogP contribution in [-0.4, -0.2) is 44.6 Å². The van der Waals surface area contributed by atoms with Gasteiger partial charge in [0.25, 0.3) is 5.91 Å². The summed E-state index contributed by atoms with van der Waals surface area (Å²) in [5.41, 5.74) is 1.45.